The highest BCUT2D eigenvalue weighted by atomic mass is 19.1. The molecular weight excluding hydrogens is 353 g/mol. The van der Waals surface area contributed by atoms with E-state index < -0.39 is 11.7 Å². The first kappa shape index (κ1) is 19.8. The van der Waals surface area contributed by atoms with Gasteiger partial charge in [0.15, 0.2) is 0 Å². The molecule has 1 aliphatic rings. The van der Waals surface area contributed by atoms with Crippen LogP contribution < -0.4 is 10.3 Å². The zero-order valence-electron chi connectivity index (χ0n) is 16.8. The molecule has 0 saturated carbocycles. The second kappa shape index (κ2) is 7.97. The Labute approximate surface area is 165 Å². The van der Waals surface area contributed by atoms with Crippen molar-refractivity contribution in [1.82, 2.24) is 5.43 Å². The van der Waals surface area contributed by atoms with Gasteiger partial charge in [-0.25, -0.2) is 9.82 Å². The van der Waals surface area contributed by atoms with E-state index in [-0.39, 0.29) is 11.1 Å². The Bertz CT molecular complexity index is 947. The zero-order valence-corrected chi connectivity index (χ0v) is 16.8. The number of benzene rings is 2. The number of nitrogens with zero attached hydrogens (tertiary/aromatic N) is 2. The highest BCUT2D eigenvalue weighted by Gasteiger charge is 2.30. The number of allylic oxidation sites excluding steroid dienone is 1. The molecule has 1 aliphatic heterocycles. The molecule has 146 valence electrons. The van der Waals surface area contributed by atoms with Crippen LogP contribution in [0.1, 0.15) is 55.6 Å². The lowest BCUT2D eigenvalue weighted by atomic mass is 9.88. The van der Waals surface area contributed by atoms with E-state index in [4.69, 9.17) is 0 Å². The average Bonchev–Trinajstić information content (AvgIpc) is 2.65. The first-order valence-electron chi connectivity index (χ1n) is 9.52. The Morgan fingerprint density at radius 2 is 2.04 bits per heavy atom. The normalized spacial score (nSPS) is 15.3. The van der Waals surface area contributed by atoms with Crippen molar-refractivity contribution in [3.63, 3.8) is 0 Å². The van der Waals surface area contributed by atoms with E-state index in [0.29, 0.717) is 0 Å². The van der Waals surface area contributed by atoms with Crippen LogP contribution in [0.4, 0.5) is 10.1 Å². The standard InChI is InChI=1S/C23H26FN3O/c1-5-11-27-21-10-9-17(12-20(21)16(2)14-23(27,3)4)15-25-26-22(28)18-7-6-8-19(24)13-18/h6-10,12-15H,5,11H2,1-4H3,(H,26,28)/b25-15-. The molecule has 2 aromatic carbocycles. The number of halogens is 1. The molecule has 4 nitrogen and oxygen atoms in total. The number of fused-ring (bicyclic) bond motifs is 1. The third-order valence-electron chi connectivity index (χ3n) is 4.92. The number of carbonyl (C=O) groups is 1. The Hall–Kier alpha value is -2.95. The lowest BCUT2D eigenvalue weighted by molar-refractivity contribution is 0.0954. The summed E-state index contributed by atoms with van der Waals surface area (Å²) < 4.78 is 13.2. The fourth-order valence-electron chi connectivity index (χ4n) is 3.67. The fraction of sp³-hybridized carbons (Fsp3) is 0.304. The van der Waals surface area contributed by atoms with Crippen LogP contribution in [0.3, 0.4) is 0 Å². The van der Waals surface area contributed by atoms with Gasteiger partial charge in [0.2, 0.25) is 0 Å². The van der Waals surface area contributed by atoms with E-state index in [9.17, 15) is 9.18 Å². The number of hydrazone groups is 1. The van der Waals surface area contributed by atoms with E-state index in [0.717, 1.165) is 18.5 Å². The number of rotatable bonds is 5. The van der Waals surface area contributed by atoms with Gasteiger partial charge in [-0.2, -0.15) is 5.10 Å². The molecule has 28 heavy (non-hydrogen) atoms. The van der Waals surface area contributed by atoms with Crippen LogP contribution >= 0.6 is 0 Å². The van der Waals surface area contributed by atoms with Gasteiger partial charge in [0.25, 0.3) is 5.91 Å². The van der Waals surface area contributed by atoms with E-state index in [1.54, 1.807) is 12.3 Å². The summed E-state index contributed by atoms with van der Waals surface area (Å²) in [5.41, 5.74) is 7.16. The predicted octanol–water partition coefficient (Wildman–Crippen LogP) is 5.00. The minimum atomic E-state index is -0.451. The maximum Gasteiger partial charge on any atom is 0.271 e. The highest BCUT2D eigenvalue weighted by Crippen LogP contribution is 2.39. The first-order valence-corrected chi connectivity index (χ1v) is 9.52. The summed E-state index contributed by atoms with van der Waals surface area (Å²) in [4.78, 5) is 14.5. The van der Waals surface area contributed by atoms with Crippen molar-refractivity contribution in [3.8, 4) is 0 Å². The summed E-state index contributed by atoms with van der Waals surface area (Å²) in [5, 5.41) is 4.03. The van der Waals surface area contributed by atoms with Crippen molar-refractivity contribution >= 4 is 23.4 Å². The van der Waals surface area contributed by atoms with Gasteiger partial charge >= 0.3 is 0 Å². The highest BCUT2D eigenvalue weighted by molar-refractivity contribution is 5.95. The Kier molecular flexibility index (Phi) is 5.63. The molecule has 0 radical (unpaired) electrons. The summed E-state index contributed by atoms with van der Waals surface area (Å²) in [6.45, 7) is 9.75. The minimum absolute atomic E-state index is 0.0262. The second-order valence-electron chi connectivity index (χ2n) is 7.62. The minimum Gasteiger partial charge on any atom is -0.362 e. The Morgan fingerprint density at radius 1 is 1.25 bits per heavy atom. The number of hydrogen-bond donors (Lipinski definition) is 1. The summed E-state index contributed by atoms with van der Waals surface area (Å²) in [6.07, 6.45) is 4.97. The molecule has 1 amide bonds. The van der Waals surface area contributed by atoms with Crippen LogP contribution in [0, 0.1) is 5.82 Å². The topological polar surface area (TPSA) is 44.7 Å². The fourth-order valence-corrected chi connectivity index (χ4v) is 3.67. The van der Waals surface area contributed by atoms with Crippen molar-refractivity contribution in [1.29, 1.82) is 0 Å². The lowest BCUT2D eigenvalue weighted by Gasteiger charge is -2.43. The Morgan fingerprint density at radius 3 is 2.75 bits per heavy atom. The van der Waals surface area contributed by atoms with Crippen LogP contribution in [-0.4, -0.2) is 24.2 Å². The molecule has 0 atom stereocenters. The van der Waals surface area contributed by atoms with Crippen molar-refractivity contribution < 1.29 is 9.18 Å². The summed E-state index contributed by atoms with van der Waals surface area (Å²) in [6, 6.07) is 11.7. The monoisotopic (exact) mass is 379 g/mol. The van der Waals surface area contributed by atoms with Gasteiger partial charge in [0.05, 0.1) is 11.8 Å². The lowest BCUT2D eigenvalue weighted by Crippen LogP contribution is -2.45. The molecule has 0 saturated heterocycles. The maximum atomic E-state index is 13.2. The molecule has 1 N–H and O–H groups in total. The quantitative estimate of drug-likeness (QED) is 0.587. The SMILES string of the molecule is CCCN1c2ccc(/C=N\NC(=O)c3cccc(F)c3)cc2C(C)=CC1(C)C. The third-order valence-corrected chi connectivity index (χ3v) is 4.92. The summed E-state index contributed by atoms with van der Waals surface area (Å²) in [7, 11) is 0. The van der Waals surface area contributed by atoms with E-state index in [1.165, 1.54) is 35.0 Å². The molecule has 0 unspecified atom stereocenters. The van der Waals surface area contributed by atoms with Gasteiger partial charge in [-0.05, 0) is 68.7 Å². The van der Waals surface area contributed by atoms with Gasteiger partial charge in [0, 0.05) is 23.4 Å². The number of carbonyl (C=O) groups excluding carboxylic acids is 1. The van der Waals surface area contributed by atoms with Gasteiger partial charge in [-0.1, -0.05) is 25.1 Å². The number of amides is 1. The predicted molar refractivity (Wildman–Crippen MR) is 113 cm³/mol. The first-order chi connectivity index (χ1) is 13.3. The van der Waals surface area contributed by atoms with Gasteiger partial charge in [0.1, 0.15) is 5.82 Å². The maximum absolute atomic E-state index is 13.2. The molecule has 0 fully saturated rings. The summed E-state index contributed by atoms with van der Waals surface area (Å²) in [5.74, 6) is -0.895. The average molecular weight is 379 g/mol. The van der Waals surface area contributed by atoms with Crippen LogP contribution in [0.15, 0.2) is 53.6 Å². The largest absolute Gasteiger partial charge is 0.362 e. The number of nitrogens with one attached hydrogen (secondary N) is 1. The molecular formula is C23H26FN3O. The van der Waals surface area contributed by atoms with Gasteiger partial charge in [-0.15, -0.1) is 0 Å². The third kappa shape index (κ3) is 4.14. The molecule has 0 bridgehead atoms. The Balaban J connectivity index is 1.79. The van der Waals surface area contributed by atoms with Crippen molar-refractivity contribution in [3.05, 3.63) is 71.0 Å². The van der Waals surface area contributed by atoms with Gasteiger partial charge < -0.3 is 4.90 Å². The van der Waals surface area contributed by atoms with Crippen molar-refractivity contribution in [2.45, 2.75) is 39.7 Å². The van der Waals surface area contributed by atoms with E-state index in [1.807, 2.05) is 6.07 Å². The van der Waals surface area contributed by atoms with Crippen LogP contribution in [-0.2, 0) is 0 Å². The van der Waals surface area contributed by atoms with Gasteiger partial charge in [-0.3, -0.25) is 4.79 Å². The van der Waals surface area contributed by atoms with Crippen LogP contribution in [0.2, 0.25) is 0 Å². The number of anilines is 1. The smallest absolute Gasteiger partial charge is 0.271 e. The molecule has 0 spiro atoms. The molecule has 0 aliphatic carbocycles. The molecule has 5 heteroatoms. The van der Waals surface area contributed by atoms with Crippen LogP contribution in [0.25, 0.3) is 5.57 Å². The molecule has 3 rings (SSSR count). The summed E-state index contributed by atoms with van der Waals surface area (Å²) >= 11 is 0. The molecule has 0 aromatic heterocycles. The molecule has 2 aromatic rings. The molecule has 1 heterocycles. The van der Waals surface area contributed by atoms with Crippen LogP contribution in [0.5, 0.6) is 0 Å². The number of hydrogen-bond acceptors (Lipinski definition) is 3. The van der Waals surface area contributed by atoms with E-state index in [2.05, 4.69) is 61.3 Å². The van der Waals surface area contributed by atoms with Crippen molar-refractivity contribution in [2.75, 3.05) is 11.4 Å². The van der Waals surface area contributed by atoms with Crippen molar-refractivity contribution in [2.24, 2.45) is 5.10 Å². The second-order valence-corrected chi connectivity index (χ2v) is 7.62. The van der Waals surface area contributed by atoms with E-state index >= 15 is 0 Å². The zero-order chi connectivity index (χ0) is 20.3.